The lowest BCUT2D eigenvalue weighted by Gasteiger charge is -2.03. The van der Waals surface area contributed by atoms with E-state index < -0.39 is 0 Å². The van der Waals surface area contributed by atoms with Gasteiger partial charge in [-0.3, -0.25) is 0 Å². The molecule has 2 heterocycles. The molecule has 84 valence electrons. The van der Waals surface area contributed by atoms with Crippen LogP contribution in [0.25, 0.3) is 11.1 Å². The van der Waals surface area contributed by atoms with Gasteiger partial charge in [-0.2, -0.15) is 0 Å². The second-order valence-corrected chi connectivity index (χ2v) is 4.56. The molecule has 1 nitrogen and oxygen atoms in total. The van der Waals surface area contributed by atoms with Gasteiger partial charge in [-0.25, -0.2) is 0 Å². The number of aromatic nitrogens is 1. The average Bonchev–Trinajstić information content (AvgIpc) is 2.60. The Morgan fingerprint density at radius 1 is 1.50 bits per heavy atom. The van der Waals surface area contributed by atoms with Gasteiger partial charge in [0.05, 0.1) is 10.5 Å². The van der Waals surface area contributed by atoms with Gasteiger partial charge in [0.25, 0.3) is 0 Å². The van der Waals surface area contributed by atoms with Crippen LogP contribution in [0.15, 0.2) is 31.0 Å². The first kappa shape index (κ1) is 11.3. The van der Waals surface area contributed by atoms with Gasteiger partial charge >= 0.3 is 0 Å². The van der Waals surface area contributed by atoms with Crippen molar-refractivity contribution in [1.29, 1.82) is 0 Å². The van der Waals surface area contributed by atoms with Crippen LogP contribution in [0.3, 0.4) is 0 Å². The van der Waals surface area contributed by atoms with Crippen LogP contribution in [0.4, 0.5) is 0 Å². The van der Waals surface area contributed by atoms with Crippen molar-refractivity contribution < 1.29 is 0 Å². The highest BCUT2D eigenvalue weighted by Gasteiger charge is 2.11. The molecular weight excluding hydrogens is 218 g/mol. The molecule has 0 saturated heterocycles. The lowest BCUT2D eigenvalue weighted by atomic mass is 10.1. The number of halogens is 1. The largest absolute Gasteiger partial charge is 0.319 e. The molecule has 0 aliphatic carbocycles. The van der Waals surface area contributed by atoms with Crippen molar-refractivity contribution in [1.82, 2.24) is 4.40 Å². The van der Waals surface area contributed by atoms with E-state index in [-0.39, 0.29) is 0 Å². The van der Waals surface area contributed by atoms with Crippen molar-refractivity contribution >= 4 is 22.7 Å². The normalized spacial score (nSPS) is 10.9. The number of allylic oxidation sites excluding steroid dienone is 1. The van der Waals surface area contributed by atoms with E-state index in [4.69, 9.17) is 11.6 Å². The maximum absolute atomic E-state index is 6.26. The van der Waals surface area contributed by atoms with Crippen LogP contribution in [-0.4, -0.2) is 4.40 Å². The summed E-state index contributed by atoms with van der Waals surface area (Å²) in [4.78, 5) is 0. The molecule has 2 aromatic rings. The number of hydrogen-bond acceptors (Lipinski definition) is 0. The van der Waals surface area contributed by atoms with Gasteiger partial charge in [0.15, 0.2) is 0 Å². The van der Waals surface area contributed by atoms with Crippen LogP contribution in [0.5, 0.6) is 0 Å². The Hall–Kier alpha value is -1.21. The minimum atomic E-state index is 0.794. The molecule has 2 heteroatoms. The molecule has 0 N–H and O–H groups in total. The number of aryl methyl sites for hydroxylation is 1. The van der Waals surface area contributed by atoms with Gasteiger partial charge in [0, 0.05) is 17.5 Å². The molecule has 0 amide bonds. The Morgan fingerprint density at radius 3 is 2.88 bits per heavy atom. The van der Waals surface area contributed by atoms with Crippen LogP contribution in [-0.2, 0) is 6.42 Å². The Kier molecular flexibility index (Phi) is 3.06. The number of pyridine rings is 1. The topological polar surface area (TPSA) is 4.41 Å². The number of fused-ring (bicyclic) bond motifs is 1. The van der Waals surface area contributed by atoms with Gasteiger partial charge in [-0.05, 0) is 37.1 Å². The highest BCUT2D eigenvalue weighted by atomic mass is 35.5. The third kappa shape index (κ3) is 1.76. The van der Waals surface area contributed by atoms with Gasteiger partial charge in [0.1, 0.15) is 0 Å². The molecule has 0 saturated carbocycles. The summed E-state index contributed by atoms with van der Waals surface area (Å²) in [7, 11) is 0. The fourth-order valence-electron chi connectivity index (χ4n) is 2.06. The molecular formula is C14H16ClN. The summed E-state index contributed by atoms with van der Waals surface area (Å²) in [6.45, 7) is 8.23. The predicted molar refractivity (Wildman–Crippen MR) is 71.1 cm³/mol. The highest BCUT2D eigenvalue weighted by molar-refractivity contribution is 6.34. The lowest BCUT2D eigenvalue weighted by Crippen LogP contribution is -1.91. The zero-order chi connectivity index (χ0) is 11.7. The van der Waals surface area contributed by atoms with Crippen molar-refractivity contribution in [3.8, 4) is 0 Å². The Labute approximate surface area is 101 Å². The summed E-state index contributed by atoms with van der Waals surface area (Å²) in [6, 6.07) is 6.11. The van der Waals surface area contributed by atoms with E-state index in [1.165, 1.54) is 5.69 Å². The molecule has 0 aliphatic heterocycles. The number of hydrogen-bond donors (Lipinski definition) is 0. The standard InChI is InChI=1S/C14H16ClN/c1-4-6-11-9-12(10(2)3)14-13(15)7-5-8-16(11)14/h5,7-9H,2,4,6H2,1,3H3. The fraction of sp³-hybridized carbons (Fsp3) is 0.286. The van der Waals surface area contributed by atoms with E-state index in [0.29, 0.717) is 0 Å². The first-order valence-corrected chi connectivity index (χ1v) is 5.97. The van der Waals surface area contributed by atoms with Crippen molar-refractivity contribution in [2.75, 3.05) is 0 Å². The van der Waals surface area contributed by atoms with Gasteiger partial charge in [0.2, 0.25) is 0 Å². The third-order valence-corrected chi connectivity index (χ3v) is 3.09. The number of rotatable bonds is 3. The minimum Gasteiger partial charge on any atom is -0.319 e. The summed E-state index contributed by atoms with van der Waals surface area (Å²) in [5.74, 6) is 0. The van der Waals surface area contributed by atoms with Gasteiger partial charge < -0.3 is 4.40 Å². The molecule has 0 fully saturated rings. The van der Waals surface area contributed by atoms with Crippen LogP contribution in [0.1, 0.15) is 31.5 Å². The Morgan fingerprint density at radius 2 is 2.25 bits per heavy atom. The van der Waals surface area contributed by atoms with Crippen molar-refractivity contribution in [3.05, 3.63) is 47.3 Å². The predicted octanol–water partition coefficient (Wildman–Crippen LogP) is 4.58. The summed E-state index contributed by atoms with van der Waals surface area (Å²) >= 11 is 6.26. The molecule has 0 unspecified atom stereocenters. The zero-order valence-corrected chi connectivity index (χ0v) is 10.5. The second-order valence-electron chi connectivity index (χ2n) is 4.15. The van der Waals surface area contributed by atoms with E-state index in [0.717, 1.165) is 34.5 Å². The summed E-state index contributed by atoms with van der Waals surface area (Å²) in [5, 5.41) is 0.794. The quantitative estimate of drug-likeness (QED) is 0.731. The molecule has 16 heavy (non-hydrogen) atoms. The zero-order valence-electron chi connectivity index (χ0n) is 9.76. The van der Waals surface area contributed by atoms with Crippen LogP contribution >= 0.6 is 11.6 Å². The van der Waals surface area contributed by atoms with E-state index >= 15 is 0 Å². The average molecular weight is 234 g/mol. The van der Waals surface area contributed by atoms with E-state index in [1.54, 1.807) is 0 Å². The molecule has 0 radical (unpaired) electrons. The van der Waals surface area contributed by atoms with Gasteiger partial charge in [-0.1, -0.05) is 31.5 Å². The molecule has 0 aromatic carbocycles. The SMILES string of the molecule is C=C(C)c1cc(CCC)n2cccc(Cl)c12. The van der Waals surface area contributed by atoms with Crippen molar-refractivity contribution in [2.24, 2.45) is 0 Å². The molecule has 2 rings (SSSR count). The Bertz CT molecular complexity index is 537. The van der Waals surface area contributed by atoms with Crippen molar-refractivity contribution in [3.63, 3.8) is 0 Å². The monoisotopic (exact) mass is 233 g/mol. The Balaban J connectivity index is 2.76. The third-order valence-electron chi connectivity index (χ3n) is 2.79. The molecule has 0 bridgehead atoms. The molecule has 0 aliphatic rings. The first-order valence-electron chi connectivity index (χ1n) is 5.59. The first-order chi connectivity index (χ1) is 7.65. The molecule has 0 atom stereocenters. The molecule has 0 spiro atoms. The van der Waals surface area contributed by atoms with Crippen molar-refractivity contribution in [2.45, 2.75) is 26.7 Å². The van der Waals surface area contributed by atoms with Crippen LogP contribution in [0, 0.1) is 0 Å². The van der Waals surface area contributed by atoms with Crippen LogP contribution < -0.4 is 0 Å². The van der Waals surface area contributed by atoms with Gasteiger partial charge in [-0.15, -0.1) is 0 Å². The summed E-state index contributed by atoms with van der Waals surface area (Å²) < 4.78 is 2.18. The maximum atomic E-state index is 6.26. The molecule has 2 aromatic heterocycles. The summed E-state index contributed by atoms with van der Waals surface area (Å²) in [5.41, 5.74) is 4.61. The smallest absolute Gasteiger partial charge is 0.0715 e. The summed E-state index contributed by atoms with van der Waals surface area (Å²) in [6.07, 6.45) is 4.27. The lowest BCUT2D eigenvalue weighted by molar-refractivity contribution is 0.868. The van der Waals surface area contributed by atoms with E-state index in [2.05, 4.69) is 30.2 Å². The maximum Gasteiger partial charge on any atom is 0.0715 e. The second kappa shape index (κ2) is 4.34. The minimum absolute atomic E-state index is 0.794. The fourth-order valence-corrected chi connectivity index (χ4v) is 2.32. The highest BCUT2D eigenvalue weighted by Crippen LogP contribution is 2.29. The van der Waals surface area contributed by atoms with Crippen LogP contribution in [0.2, 0.25) is 5.02 Å². The number of nitrogens with zero attached hydrogens (tertiary/aromatic N) is 1. The van der Waals surface area contributed by atoms with E-state index in [1.807, 2.05) is 19.1 Å². The van der Waals surface area contributed by atoms with E-state index in [9.17, 15) is 0 Å².